The van der Waals surface area contributed by atoms with E-state index in [-0.39, 0.29) is 22.4 Å². The van der Waals surface area contributed by atoms with Crippen molar-refractivity contribution < 1.29 is 9.53 Å². The zero-order chi connectivity index (χ0) is 17.2. The van der Waals surface area contributed by atoms with Gasteiger partial charge in [0, 0.05) is 0 Å². The zero-order valence-electron chi connectivity index (χ0n) is 16.3. The van der Waals surface area contributed by atoms with E-state index in [0.29, 0.717) is 0 Å². The van der Waals surface area contributed by atoms with E-state index in [9.17, 15) is 4.79 Å². The van der Waals surface area contributed by atoms with Crippen molar-refractivity contribution in [3.05, 3.63) is 0 Å². The van der Waals surface area contributed by atoms with Crippen LogP contribution in [0.4, 0.5) is 0 Å². The number of carbonyl (C=O) groups is 1. The van der Waals surface area contributed by atoms with E-state index in [2.05, 4.69) is 55.4 Å². The van der Waals surface area contributed by atoms with Crippen LogP contribution in [-0.4, -0.2) is 11.6 Å². The lowest BCUT2D eigenvalue weighted by molar-refractivity contribution is -0.181. The largest absolute Gasteiger partial charge is 0.459 e. The average Bonchev–Trinajstić information content (AvgIpc) is 2.86. The van der Waals surface area contributed by atoms with Crippen molar-refractivity contribution in [3.63, 3.8) is 0 Å². The summed E-state index contributed by atoms with van der Waals surface area (Å²) in [5, 5.41) is 0. The van der Waals surface area contributed by atoms with Gasteiger partial charge in [0.1, 0.15) is 5.60 Å². The van der Waals surface area contributed by atoms with Crippen LogP contribution in [0.5, 0.6) is 0 Å². The van der Waals surface area contributed by atoms with Gasteiger partial charge in [-0.2, -0.15) is 0 Å². The van der Waals surface area contributed by atoms with Crippen molar-refractivity contribution in [1.82, 2.24) is 0 Å². The number of carbonyl (C=O) groups excluding carboxylic acids is 1. The highest BCUT2D eigenvalue weighted by molar-refractivity contribution is 5.78. The highest BCUT2D eigenvalue weighted by Crippen LogP contribution is 2.50. The molecular formula is C20H38O2. The molecule has 1 fully saturated rings. The van der Waals surface area contributed by atoms with Gasteiger partial charge in [-0.15, -0.1) is 0 Å². The molecule has 0 aromatic carbocycles. The third-order valence-corrected chi connectivity index (χ3v) is 6.36. The summed E-state index contributed by atoms with van der Waals surface area (Å²) >= 11 is 0. The van der Waals surface area contributed by atoms with Gasteiger partial charge < -0.3 is 4.74 Å². The smallest absolute Gasteiger partial charge is 0.312 e. The number of ether oxygens (including phenoxy) is 1. The van der Waals surface area contributed by atoms with Crippen molar-refractivity contribution in [1.29, 1.82) is 0 Å². The predicted molar refractivity (Wildman–Crippen MR) is 93.8 cm³/mol. The molecule has 0 amide bonds. The molecule has 0 saturated heterocycles. The molecule has 2 heteroatoms. The lowest BCUT2D eigenvalue weighted by atomic mass is 9.60. The molecule has 1 rings (SSSR count). The fourth-order valence-electron chi connectivity index (χ4n) is 3.58. The molecule has 0 heterocycles. The summed E-state index contributed by atoms with van der Waals surface area (Å²) in [6, 6.07) is 0. The Morgan fingerprint density at radius 2 is 1.50 bits per heavy atom. The minimum Gasteiger partial charge on any atom is -0.459 e. The van der Waals surface area contributed by atoms with Crippen molar-refractivity contribution in [2.45, 2.75) is 106 Å². The monoisotopic (exact) mass is 310 g/mol. The molecule has 0 N–H and O–H groups in total. The number of rotatable bonds is 6. The second-order valence-corrected chi connectivity index (χ2v) is 9.41. The molecule has 2 nitrogen and oxygen atoms in total. The minimum atomic E-state index is -0.447. The maximum atomic E-state index is 13.2. The summed E-state index contributed by atoms with van der Waals surface area (Å²) in [7, 11) is 0. The van der Waals surface area contributed by atoms with E-state index in [1.807, 2.05) is 0 Å². The van der Waals surface area contributed by atoms with Crippen LogP contribution in [0.15, 0.2) is 0 Å². The molecule has 1 aliphatic rings. The Balaban J connectivity index is 3.04. The first-order valence-corrected chi connectivity index (χ1v) is 9.15. The van der Waals surface area contributed by atoms with Crippen molar-refractivity contribution >= 4 is 5.97 Å². The molecule has 1 saturated carbocycles. The average molecular weight is 311 g/mol. The Morgan fingerprint density at radius 3 is 1.86 bits per heavy atom. The van der Waals surface area contributed by atoms with Gasteiger partial charge in [-0.3, -0.25) is 4.79 Å². The Kier molecular flexibility index (Phi) is 5.79. The first kappa shape index (κ1) is 19.5. The molecule has 1 atom stereocenters. The van der Waals surface area contributed by atoms with Crippen LogP contribution in [0.1, 0.15) is 100 Å². The van der Waals surface area contributed by atoms with Gasteiger partial charge in [0.15, 0.2) is 0 Å². The number of hydrogen-bond donors (Lipinski definition) is 0. The maximum Gasteiger partial charge on any atom is 0.312 e. The van der Waals surface area contributed by atoms with Crippen LogP contribution in [0, 0.1) is 16.2 Å². The normalized spacial score (nSPS) is 21.5. The van der Waals surface area contributed by atoms with Crippen molar-refractivity contribution in [2.75, 3.05) is 0 Å². The second-order valence-electron chi connectivity index (χ2n) is 9.41. The van der Waals surface area contributed by atoms with E-state index in [1.54, 1.807) is 0 Å². The Morgan fingerprint density at radius 1 is 1.00 bits per heavy atom. The first-order chi connectivity index (χ1) is 9.91. The molecule has 22 heavy (non-hydrogen) atoms. The van der Waals surface area contributed by atoms with Crippen LogP contribution in [0.25, 0.3) is 0 Å². The highest BCUT2D eigenvalue weighted by Gasteiger charge is 2.50. The summed E-state index contributed by atoms with van der Waals surface area (Å²) in [5.74, 6) is 0.0188. The van der Waals surface area contributed by atoms with Gasteiger partial charge in [-0.25, -0.2) is 0 Å². The van der Waals surface area contributed by atoms with Crippen LogP contribution in [0.3, 0.4) is 0 Å². The third kappa shape index (κ3) is 4.06. The maximum absolute atomic E-state index is 13.2. The Hall–Kier alpha value is -0.530. The summed E-state index contributed by atoms with van der Waals surface area (Å²) in [6.07, 6.45) is 7.33. The summed E-state index contributed by atoms with van der Waals surface area (Å²) < 4.78 is 6.19. The number of esters is 1. The molecule has 0 spiro atoms. The van der Waals surface area contributed by atoms with Crippen LogP contribution < -0.4 is 0 Å². The SMILES string of the molecule is CCC(C)(C)CC(C)(C(=O)OC1(CC)CCCC1)C(C)(C)C. The highest BCUT2D eigenvalue weighted by atomic mass is 16.6. The minimum absolute atomic E-state index is 0.0188. The second kappa shape index (κ2) is 6.53. The molecule has 0 aliphatic heterocycles. The molecule has 0 aromatic heterocycles. The van der Waals surface area contributed by atoms with Crippen LogP contribution >= 0.6 is 0 Å². The molecular weight excluding hydrogens is 272 g/mol. The van der Waals surface area contributed by atoms with Gasteiger partial charge in [0.05, 0.1) is 5.41 Å². The van der Waals surface area contributed by atoms with Gasteiger partial charge in [-0.05, 0) is 56.3 Å². The number of hydrogen-bond acceptors (Lipinski definition) is 2. The van der Waals surface area contributed by atoms with Gasteiger partial charge >= 0.3 is 5.97 Å². The quantitative estimate of drug-likeness (QED) is 0.551. The molecule has 1 unspecified atom stereocenters. The Labute approximate surface area is 138 Å². The summed E-state index contributed by atoms with van der Waals surface area (Å²) in [4.78, 5) is 13.2. The van der Waals surface area contributed by atoms with Crippen molar-refractivity contribution in [3.8, 4) is 0 Å². The molecule has 0 radical (unpaired) electrons. The van der Waals surface area contributed by atoms with Gasteiger partial charge in [0.2, 0.25) is 0 Å². The Bertz CT molecular complexity index is 383. The van der Waals surface area contributed by atoms with Crippen LogP contribution in [-0.2, 0) is 9.53 Å². The molecule has 130 valence electrons. The standard InChI is InChI=1S/C20H38O2/c1-9-18(6,7)15-19(8,17(3,4)5)16(21)22-20(10-2)13-11-12-14-20/h9-15H2,1-8H3. The van der Waals surface area contributed by atoms with E-state index in [0.717, 1.165) is 32.1 Å². The summed E-state index contributed by atoms with van der Waals surface area (Å²) in [6.45, 7) is 17.5. The molecule has 0 aromatic rings. The van der Waals surface area contributed by atoms with Crippen molar-refractivity contribution in [2.24, 2.45) is 16.2 Å². The lowest BCUT2D eigenvalue weighted by Gasteiger charge is -2.46. The predicted octanol–water partition coefficient (Wildman–Crippen LogP) is 6.13. The lowest BCUT2D eigenvalue weighted by Crippen LogP contribution is -2.47. The van der Waals surface area contributed by atoms with E-state index in [1.165, 1.54) is 12.8 Å². The van der Waals surface area contributed by atoms with E-state index >= 15 is 0 Å². The summed E-state index contributed by atoms with van der Waals surface area (Å²) in [5.41, 5.74) is -0.600. The van der Waals surface area contributed by atoms with Gasteiger partial charge in [-0.1, -0.05) is 54.9 Å². The first-order valence-electron chi connectivity index (χ1n) is 9.15. The van der Waals surface area contributed by atoms with E-state index < -0.39 is 5.41 Å². The topological polar surface area (TPSA) is 26.3 Å². The van der Waals surface area contributed by atoms with Gasteiger partial charge in [0.25, 0.3) is 0 Å². The fourth-order valence-corrected chi connectivity index (χ4v) is 3.58. The molecule has 1 aliphatic carbocycles. The van der Waals surface area contributed by atoms with E-state index in [4.69, 9.17) is 4.74 Å². The fraction of sp³-hybridized carbons (Fsp3) is 0.950. The van der Waals surface area contributed by atoms with Crippen LogP contribution in [0.2, 0.25) is 0 Å². The zero-order valence-corrected chi connectivity index (χ0v) is 16.3. The third-order valence-electron chi connectivity index (χ3n) is 6.36. The molecule has 0 bridgehead atoms.